The number of rotatable bonds is 6. The van der Waals surface area contributed by atoms with Crippen LogP contribution in [-0.4, -0.2) is 24.5 Å². The van der Waals surface area contributed by atoms with E-state index < -0.39 is 11.8 Å². The standard InChI is InChI=1S/C18H17BrCl2N2O4/c1-10(2)27-15-5-3-11(19)7-13(15)18(25)23-22-17(24)9-26-16-6-4-12(20)8-14(16)21/h3-8,10H,9H2,1-2H3,(H,22,24)(H,23,25). The summed E-state index contributed by atoms with van der Waals surface area (Å²) in [5.41, 5.74) is 4.88. The van der Waals surface area contributed by atoms with Crippen molar-refractivity contribution in [2.24, 2.45) is 0 Å². The van der Waals surface area contributed by atoms with E-state index in [1.54, 1.807) is 30.3 Å². The van der Waals surface area contributed by atoms with Gasteiger partial charge in [0.2, 0.25) is 0 Å². The van der Waals surface area contributed by atoms with Crippen LogP contribution in [0.1, 0.15) is 24.2 Å². The lowest BCUT2D eigenvalue weighted by Crippen LogP contribution is -2.44. The van der Waals surface area contributed by atoms with Gasteiger partial charge in [0.15, 0.2) is 6.61 Å². The first-order valence-electron chi connectivity index (χ1n) is 7.89. The minimum atomic E-state index is -0.560. The largest absolute Gasteiger partial charge is 0.490 e. The van der Waals surface area contributed by atoms with E-state index in [1.807, 2.05) is 13.8 Å². The van der Waals surface area contributed by atoms with E-state index in [2.05, 4.69) is 26.8 Å². The van der Waals surface area contributed by atoms with E-state index in [-0.39, 0.29) is 23.3 Å². The third-order valence-electron chi connectivity index (χ3n) is 3.12. The minimum absolute atomic E-state index is 0.107. The molecule has 2 aromatic rings. The van der Waals surface area contributed by atoms with Crippen molar-refractivity contribution < 1.29 is 19.1 Å². The zero-order valence-electron chi connectivity index (χ0n) is 14.5. The fourth-order valence-electron chi connectivity index (χ4n) is 2.00. The zero-order valence-corrected chi connectivity index (χ0v) is 17.6. The second kappa shape index (κ2) is 9.82. The van der Waals surface area contributed by atoms with Gasteiger partial charge in [-0.25, -0.2) is 0 Å². The summed E-state index contributed by atoms with van der Waals surface area (Å²) < 4.78 is 11.6. The van der Waals surface area contributed by atoms with Crippen LogP contribution in [-0.2, 0) is 4.79 Å². The van der Waals surface area contributed by atoms with Crippen molar-refractivity contribution >= 4 is 50.9 Å². The summed E-state index contributed by atoms with van der Waals surface area (Å²) >= 11 is 15.1. The molecule has 27 heavy (non-hydrogen) atoms. The molecular weight excluding hydrogens is 459 g/mol. The van der Waals surface area contributed by atoms with Gasteiger partial charge in [0, 0.05) is 9.50 Å². The Morgan fingerprint density at radius 1 is 1.07 bits per heavy atom. The van der Waals surface area contributed by atoms with Gasteiger partial charge in [-0.2, -0.15) is 0 Å². The van der Waals surface area contributed by atoms with E-state index in [9.17, 15) is 9.59 Å². The third kappa shape index (κ3) is 6.61. The first kappa shape index (κ1) is 21.3. The second-order valence-corrected chi connectivity index (χ2v) is 7.43. The molecule has 0 saturated carbocycles. The molecule has 0 aliphatic heterocycles. The molecule has 0 unspecified atom stereocenters. The number of nitrogens with one attached hydrogen (secondary N) is 2. The monoisotopic (exact) mass is 474 g/mol. The Bertz CT molecular complexity index is 846. The predicted octanol–water partition coefficient (Wildman–Crippen LogP) is 4.38. The summed E-state index contributed by atoms with van der Waals surface area (Å²) in [5.74, 6) is -0.369. The number of hydrazine groups is 1. The molecule has 2 rings (SSSR count). The SMILES string of the molecule is CC(C)Oc1ccc(Br)cc1C(=O)NNC(=O)COc1ccc(Cl)cc1Cl. The maximum Gasteiger partial charge on any atom is 0.276 e. The Balaban J connectivity index is 1.93. The number of benzene rings is 2. The molecule has 0 fully saturated rings. The van der Waals surface area contributed by atoms with Crippen LogP contribution in [0.3, 0.4) is 0 Å². The average molecular weight is 476 g/mol. The minimum Gasteiger partial charge on any atom is -0.490 e. The van der Waals surface area contributed by atoms with Crippen molar-refractivity contribution in [3.8, 4) is 11.5 Å². The van der Waals surface area contributed by atoms with Crippen LogP contribution in [0.5, 0.6) is 11.5 Å². The fraction of sp³-hybridized carbons (Fsp3) is 0.222. The third-order valence-corrected chi connectivity index (χ3v) is 4.14. The van der Waals surface area contributed by atoms with E-state index in [0.717, 1.165) is 0 Å². The number of hydrogen-bond donors (Lipinski definition) is 2. The first-order chi connectivity index (χ1) is 12.8. The van der Waals surface area contributed by atoms with Crippen molar-refractivity contribution in [2.45, 2.75) is 20.0 Å². The first-order valence-corrected chi connectivity index (χ1v) is 9.44. The summed E-state index contributed by atoms with van der Waals surface area (Å²) in [5, 5.41) is 0.737. The van der Waals surface area contributed by atoms with Crippen LogP contribution < -0.4 is 20.3 Å². The number of halogens is 3. The summed E-state index contributed by atoms with van der Waals surface area (Å²) in [6.45, 7) is 3.37. The van der Waals surface area contributed by atoms with Gasteiger partial charge in [0.05, 0.1) is 16.7 Å². The van der Waals surface area contributed by atoms with Crippen molar-refractivity contribution in [1.82, 2.24) is 10.9 Å². The Kier molecular flexibility index (Phi) is 7.77. The molecule has 0 bridgehead atoms. The number of ether oxygens (including phenoxy) is 2. The topological polar surface area (TPSA) is 76.7 Å². The van der Waals surface area contributed by atoms with E-state index >= 15 is 0 Å². The molecule has 0 aliphatic rings. The van der Waals surface area contributed by atoms with Gasteiger partial charge >= 0.3 is 0 Å². The molecular formula is C18H17BrCl2N2O4. The van der Waals surface area contributed by atoms with E-state index in [0.29, 0.717) is 21.0 Å². The number of amides is 2. The molecule has 2 N–H and O–H groups in total. The second-order valence-electron chi connectivity index (χ2n) is 5.67. The van der Waals surface area contributed by atoms with Gasteiger partial charge in [-0.05, 0) is 50.2 Å². The smallest absolute Gasteiger partial charge is 0.276 e. The van der Waals surface area contributed by atoms with Crippen molar-refractivity contribution in [3.05, 3.63) is 56.5 Å². The normalized spacial score (nSPS) is 10.4. The highest BCUT2D eigenvalue weighted by Gasteiger charge is 2.15. The molecule has 6 nitrogen and oxygen atoms in total. The van der Waals surface area contributed by atoms with Crippen LogP contribution in [0.15, 0.2) is 40.9 Å². The molecule has 0 aliphatic carbocycles. The number of carbonyl (C=O) groups excluding carboxylic acids is 2. The van der Waals surface area contributed by atoms with Crippen molar-refractivity contribution in [2.75, 3.05) is 6.61 Å². The molecule has 144 valence electrons. The maximum atomic E-state index is 12.4. The van der Waals surface area contributed by atoms with Crippen LogP contribution in [0.2, 0.25) is 10.0 Å². The van der Waals surface area contributed by atoms with Crippen LogP contribution in [0.25, 0.3) is 0 Å². The molecule has 0 saturated heterocycles. The van der Waals surface area contributed by atoms with E-state index in [4.69, 9.17) is 32.7 Å². The molecule has 9 heteroatoms. The maximum absolute atomic E-state index is 12.4. The van der Waals surface area contributed by atoms with Crippen LogP contribution in [0, 0.1) is 0 Å². The van der Waals surface area contributed by atoms with Crippen LogP contribution in [0.4, 0.5) is 0 Å². The summed E-state index contributed by atoms with van der Waals surface area (Å²) in [7, 11) is 0. The highest BCUT2D eigenvalue weighted by molar-refractivity contribution is 9.10. The lowest BCUT2D eigenvalue weighted by atomic mass is 10.2. The number of carbonyl (C=O) groups is 2. The average Bonchev–Trinajstić information content (AvgIpc) is 2.60. The van der Waals surface area contributed by atoms with Gasteiger partial charge in [-0.1, -0.05) is 39.1 Å². The molecule has 0 radical (unpaired) electrons. The van der Waals surface area contributed by atoms with Gasteiger partial charge in [-0.3, -0.25) is 20.4 Å². The Morgan fingerprint density at radius 3 is 2.44 bits per heavy atom. The van der Waals surface area contributed by atoms with Gasteiger partial charge in [0.25, 0.3) is 11.8 Å². The summed E-state index contributed by atoms with van der Waals surface area (Å²) in [4.78, 5) is 24.3. The molecule has 0 heterocycles. The number of hydrogen-bond acceptors (Lipinski definition) is 4. The fourth-order valence-corrected chi connectivity index (χ4v) is 2.83. The van der Waals surface area contributed by atoms with Gasteiger partial charge in [0.1, 0.15) is 11.5 Å². The summed E-state index contributed by atoms with van der Waals surface area (Å²) in [6.07, 6.45) is -0.107. The molecule has 2 amide bonds. The van der Waals surface area contributed by atoms with Gasteiger partial charge < -0.3 is 9.47 Å². The van der Waals surface area contributed by atoms with Gasteiger partial charge in [-0.15, -0.1) is 0 Å². The zero-order chi connectivity index (χ0) is 20.0. The molecule has 0 atom stereocenters. The molecule has 0 spiro atoms. The highest BCUT2D eigenvalue weighted by Crippen LogP contribution is 2.27. The summed E-state index contributed by atoms with van der Waals surface area (Å²) in [6, 6.07) is 9.67. The Morgan fingerprint density at radius 2 is 1.78 bits per heavy atom. The van der Waals surface area contributed by atoms with Crippen LogP contribution >= 0.6 is 39.1 Å². The molecule has 2 aromatic carbocycles. The lowest BCUT2D eigenvalue weighted by molar-refractivity contribution is -0.123. The molecule has 0 aromatic heterocycles. The van der Waals surface area contributed by atoms with E-state index in [1.165, 1.54) is 6.07 Å². The quantitative estimate of drug-likeness (QED) is 0.607. The Hall–Kier alpha value is -1.96. The lowest BCUT2D eigenvalue weighted by Gasteiger charge is -2.15. The van der Waals surface area contributed by atoms with Crippen molar-refractivity contribution in [3.63, 3.8) is 0 Å². The van der Waals surface area contributed by atoms with Crippen molar-refractivity contribution in [1.29, 1.82) is 0 Å². The highest BCUT2D eigenvalue weighted by atomic mass is 79.9. The Labute approximate surface area is 175 Å². The predicted molar refractivity (Wildman–Crippen MR) is 107 cm³/mol.